The molecule has 2 atom stereocenters. The monoisotopic (exact) mass is 253 g/mol. The van der Waals surface area contributed by atoms with E-state index in [9.17, 15) is 0 Å². The largest absolute Gasteiger partial charge is 0.358 e. The molecule has 0 radical (unpaired) electrons. The molecule has 96 valence electrons. The lowest BCUT2D eigenvalue weighted by molar-refractivity contribution is 0.327. The third-order valence-electron chi connectivity index (χ3n) is 3.65. The Hall–Kier alpha value is -0.640. The van der Waals surface area contributed by atoms with E-state index in [-0.39, 0.29) is 0 Å². The Labute approximate surface area is 108 Å². The summed E-state index contributed by atoms with van der Waals surface area (Å²) in [6, 6.07) is 0.613. The summed E-state index contributed by atoms with van der Waals surface area (Å²) >= 11 is 1.51. The summed E-state index contributed by atoms with van der Waals surface area (Å²) in [6.07, 6.45) is 6.65. The van der Waals surface area contributed by atoms with E-state index in [1.54, 1.807) is 0 Å². The first-order chi connectivity index (χ1) is 8.19. The van der Waals surface area contributed by atoms with Crippen molar-refractivity contribution in [2.24, 2.45) is 5.92 Å². The Morgan fingerprint density at radius 3 is 2.88 bits per heavy atom. The summed E-state index contributed by atoms with van der Waals surface area (Å²) in [5, 5.41) is 4.58. The minimum Gasteiger partial charge on any atom is -0.358 e. The van der Waals surface area contributed by atoms with Gasteiger partial charge >= 0.3 is 0 Å². The lowest BCUT2D eigenvalue weighted by atomic mass is 9.84. The summed E-state index contributed by atoms with van der Waals surface area (Å²) in [7, 11) is 0. The van der Waals surface area contributed by atoms with Gasteiger partial charge in [0, 0.05) is 23.5 Å². The summed E-state index contributed by atoms with van der Waals surface area (Å²) in [5.41, 5.74) is 0. The quantitative estimate of drug-likeness (QED) is 0.880. The summed E-state index contributed by atoms with van der Waals surface area (Å²) in [5.74, 6) is 2.30. The van der Waals surface area contributed by atoms with Crippen LogP contribution < -0.4 is 5.32 Å². The highest BCUT2D eigenvalue weighted by Gasteiger charge is 2.21. The molecular formula is C13H23N3S. The number of aromatic nitrogens is 2. The Morgan fingerprint density at radius 1 is 1.41 bits per heavy atom. The Balaban J connectivity index is 1.91. The second kappa shape index (κ2) is 5.80. The number of hydrogen-bond acceptors (Lipinski definition) is 4. The van der Waals surface area contributed by atoms with E-state index in [0.717, 1.165) is 16.9 Å². The molecule has 17 heavy (non-hydrogen) atoms. The third kappa shape index (κ3) is 3.41. The predicted octanol–water partition coefficient (Wildman–Crippen LogP) is 4.04. The second-order valence-electron chi connectivity index (χ2n) is 5.39. The van der Waals surface area contributed by atoms with Crippen molar-refractivity contribution >= 4 is 16.7 Å². The molecule has 3 nitrogen and oxygen atoms in total. The van der Waals surface area contributed by atoms with Crippen molar-refractivity contribution in [1.82, 2.24) is 9.36 Å². The maximum absolute atomic E-state index is 4.55. The molecule has 1 aromatic heterocycles. The number of anilines is 1. The van der Waals surface area contributed by atoms with Gasteiger partial charge in [0.2, 0.25) is 5.13 Å². The van der Waals surface area contributed by atoms with Crippen molar-refractivity contribution in [2.45, 2.75) is 64.8 Å². The first-order valence-electron chi connectivity index (χ1n) is 6.79. The van der Waals surface area contributed by atoms with Gasteiger partial charge in [-0.2, -0.15) is 4.37 Å². The van der Waals surface area contributed by atoms with Gasteiger partial charge in [-0.1, -0.05) is 40.0 Å². The minimum atomic E-state index is 0.427. The lowest BCUT2D eigenvalue weighted by Gasteiger charge is -2.28. The SMILES string of the molecule is CCC1CCCC(Nc2nc(C(C)C)ns2)C1. The average molecular weight is 253 g/mol. The van der Waals surface area contributed by atoms with Crippen LogP contribution in [0.5, 0.6) is 0 Å². The summed E-state index contributed by atoms with van der Waals surface area (Å²) in [6.45, 7) is 6.58. The van der Waals surface area contributed by atoms with Gasteiger partial charge in [-0.05, 0) is 18.8 Å². The fourth-order valence-corrected chi connectivity index (χ4v) is 3.28. The molecule has 4 heteroatoms. The molecule has 1 aliphatic rings. The van der Waals surface area contributed by atoms with E-state index in [2.05, 4.69) is 35.4 Å². The van der Waals surface area contributed by atoms with E-state index < -0.39 is 0 Å². The topological polar surface area (TPSA) is 37.8 Å². The molecule has 1 N–H and O–H groups in total. The smallest absolute Gasteiger partial charge is 0.202 e. The van der Waals surface area contributed by atoms with Crippen LogP contribution in [-0.4, -0.2) is 15.4 Å². The Bertz CT molecular complexity index is 348. The van der Waals surface area contributed by atoms with Gasteiger partial charge in [0.05, 0.1) is 0 Å². The van der Waals surface area contributed by atoms with Crippen molar-refractivity contribution in [3.63, 3.8) is 0 Å². The van der Waals surface area contributed by atoms with Crippen molar-refractivity contribution in [1.29, 1.82) is 0 Å². The molecule has 1 aliphatic carbocycles. The van der Waals surface area contributed by atoms with Crippen LogP contribution in [0.1, 0.15) is 64.6 Å². The van der Waals surface area contributed by atoms with Crippen LogP contribution in [0.2, 0.25) is 0 Å². The highest BCUT2D eigenvalue weighted by atomic mass is 32.1. The molecule has 0 saturated heterocycles. The van der Waals surface area contributed by atoms with Crippen LogP contribution in [-0.2, 0) is 0 Å². The maximum atomic E-state index is 4.55. The molecule has 1 aromatic rings. The van der Waals surface area contributed by atoms with E-state index in [4.69, 9.17) is 0 Å². The van der Waals surface area contributed by atoms with Gasteiger partial charge in [0.15, 0.2) is 0 Å². The molecule has 1 saturated carbocycles. The molecule has 0 aromatic carbocycles. The zero-order valence-electron chi connectivity index (χ0n) is 11.1. The van der Waals surface area contributed by atoms with Gasteiger partial charge in [0.1, 0.15) is 5.82 Å². The predicted molar refractivity (Wildman–Crippen MR) is 73.7 cm³/mol. The van der Waals surface area contributed by atoms with Gasteiger partial charge in [-0.3, -0.25) is 0 Å². The van der Waals surface area contributed by atoms with Crippen LogP contribution in [0.4, 0.5) is 5.13 Å². The van der Waals surface area contributed by atoms with E-state index in [1.807, 2.05) is 0 Å². The third-order valence-corrected chi connectivity index (χ3v) is 4.31. The van der Waals surface area contributed by atoms with E-state index >= 15 is 0 Å². The maximum Gasteiger partial charge on any atom is 0.202 e. The minimum absolute atomic E-state index is 0.427. The highest BCUT2D eigenvalue weighted by molar-refractivity contribution is 7.09. The Morgan fingerprint density at radius 2 is 2.24 bits per heavy atom. The van der Waals surface area contributed by atoms with Crippen LogP contribution in [0.25, 0.3) is 0 Å². The second-order valence-corrected chi connectivity index (χ2v) is 6.15. The molecule has 0 spiro atoms. The first-order valence-corrected chi connectivity index (χ1v) is 7.56. The van der Waals surface area contributed by atoms with Crippen molar-refractivity contribution in [2.75, 3.05) is 5.32 Å². The molecule has 2 unspecified atom stereocenters. The zero-order valence-corrected chi connectivity index (χ0v) is 11.9. The number of nitrogens with one attached hydrogen (secondary N) is 1. The van der Waals surface area contributed by atoms with Gasteiger partial charge in [0.25, 0.3) is 0 Å². The standard InChI is InChI=1S/C13H23N3S/c1-4-10-6-5-7-11(8-10)14-13-15-12(9(2)3)16-17-13/h9-11H,4-8H2,1-3H3,(H,14,15,16). The summed E-state index contributed by atoms with van der Waals surface area (Å²) < 4.78 is 4.39. The van der Waals surface area contributed by atoms with Crippen molar-refractivity contribution in [3.05, 3.63) is 5.82 Å². The summed E-state index contributed by atoms with van der Waals surface area (Å²) in [4.78, 5) is 4.55. The number of rotatable bonds is 4. The van der Waals surface area contributed by atoms with Gasteiger partial charge in [-0.25, -0.2) is 4.98 Å². The van der Waals surface area contributed by atoms with Crippen LogP contribution in [0.15, 0.2) is 0 Å². The van der Waals surface area contributed by atoms with Crippen LogP contribution in [0, 0.1) is 5.92 Å². The first kappa shape index (κ1) is 12.8. The fourth-order valence-electron chi connectivity index (χ4n) is 2.50. The molecular weight excluding hydrogens is 230 g/mol. The zero-order chi connectivity index (χ0) is 12.3. The molecule has 1 heterocycles. The van der Waals surface area contributed by atoms with Crippen LogP contribution >= 0.6 is 11.5 Å². The van der Waals surface area contributed by atoms with Gasteiger partial charge in [-0.15, -0.1) is 0 Å². The van der Waals surface area contributed by atoms with Crippen LogP contribution in [0.3, 0.4) is 0 Å². The van der Waals surface area contributed by atoms with E-state index in [0.29, 0.717) is 12.0 Å². The molecule has 1 fully saturated rings. The fraction of sp³-hybridized carbons (Fsp3) is 0.846. The molecule has 0 aliphatic heterocycles. The highest BCUT2D eigenvalue weighted by Crippen LogP contribution is 2.29. The number of nitrogens with zero attached hydrogens (tertiary/aromatic N) is 2. The molecule has 0 bridgehead atoms. The Kier molecular flexibility index (Phi) is 4.37. The number of hydrogen-bond donors (Lipinski definition) is 1. The normalized spacial score (nSPS) is 25.2. The van der Waals surface area contributed by atoms with Crippen molar-refractivity contribution < 1.29 is 0 Å². The van der Waals surface area contributed by atoms with Gasteiger partial charge < -0.3 is 5.32 Å². The van der Waals surface area contributed by atoms with E-state index in [1.165, 1.54) is 43.6 Å². The molecule has 0 amide bonds. The average Bonchev–Trinajstić information content (AvgIpc) is 2.78. The molecule has 2 rings (SSSR count). The lowest BCUT2D eigenvalue weighted by Crippen LogP contribution is -2.27. The van der Waals surface area contributed by atoms with Crippen molar-refractivity contribution in [3.8, 4) is 0 Å².